The van der Waals surface area contributed by atoms with E-state index in [0.717, 1.165) is 46.4 Å². The van der Waals surface area contributed by atoms with Gasteiger partial charge in [0.25, 0.3) is 5.56 Å². The highest BCUT2D eigenvalue weighted by molar-refractivity contribution is 7.20. The van der Waals surface area contributed by atoms with Gasteiger partial charge in [-0.05, 0) is 31.9 Å². The second-order valence-corrected chi connectivity index (χ2v) is 7.63. The van der Waals surface area contributed by atoms with Crippen molar-refractivity contribution in [1.82, 2.24) is 14.8 Å². The number of thiazole rings is 1. The highest BCUT2D eigenvalue weighted by atomic mass is 32.1. The van der Waals surface area contributed by atoms with Gasteiger partial charge >= 0.3 is 6.18 Å². The van der Waals surface area contributed by atoms with Gasteiger partial charge in [-0.15, -0.1) is 0 Å². The van der Waals surface area contributed by atoms with Crippen LogP contribution in [0, 0.1) is 0 Å². The number of aromatic amines is 1. The number of aliphatic imine (C=N–C) groups is 1. The molecule has 27 heavy (non-hydrogen) atoms. The molecule has 3 aromatic rings. The van der Waals surface area contributed by atoms with Crippen LogP contribution in [0.2, 0.25) is 0 Å². The van der Waals surface area contributed by atoms with Crippen LogP contribution in [0.3, 0.4) is 0 Å². The summed E-state index contributed by atoms with van der Waals surface area (Å²) in [7, 11) is 0. The topological polar surface area (TPSA) is 63.0 Å². The third kappa shape index (κ3) is 3.31. The molecule has 0 bridgehead atoms. The second-order valence-electron chi connectivity index (χ2n) is 6.62. The number of rotatable bonds is 3. The van der Waals surface area contributed by atoms with Crippen molar-refractivity contribution in [2.24, 2.45) is 4.99 Å². The molecule has 1 aromatic carbocycles. The van der Waals surface area contributed by atoms with E-state index in [4.69, 9.17) is 0 Å². The number of para-hydroxylation sites is 1. The first kappa shape index (κ1) is 18.0. The Hall–Kier alpha value is -2.42. The van der Waals surface area contributed by atoms with Crippen molar-refractivity contribution in [3.8, 4) is 5.13 Å². The largest absolute Gasteiger partial charge is 0.433 e. The molecular formula is C18H17F3N4OS. The van der Waals surface area contributed by atoms with Crippen molar-refractivity contribution in [1.29, 1.82) is 0 Å². The number of benzene rings is 1. The summed E-state index contributed by atoms with van der Waals surface area (Å²) in [6.07, 6.45) is -0.986. The summed E-state index contributed by atoms with van der Waals surface area (Å²) in [4.78, 5) is 21.5. The highest BCUT2D eigenvalue weighted by Crippen LogP contribution is 2.32. The van der Waals surface area contributed by atoms with Gasteiger partial charge < -0.3 is 0 Å². The number of halogens is 3. The van der Waals surface area contributed by atoms with Gasteiger partial charge in [0, 0.05) is 5.71 Å². The Labute approximate surface area is 156 Å². The molecule has 1 aliphatic carbocycles. The number of fused-ring (bicyclic) bond motifs is 1. The van der Waals surface area contributed by atoms with Crippen LogP contribution in [-0.2, 0) is 6.18 Å². The fourth-order valence-corrected chi connectivity index (χ4v) is 4.37. The molecule has 2 heterocycles. The average Bonchev–Trinajstić information content (AvgIpc) is 3.31. The molecule has 0 aliphatic heterocycles. The summed E-state index contributed by atoms with van der Waals surface area (Å²) in [5, 5.41) is 2.39. The van der Waals surface area contributed by atoms with Crippen LogP contribution in [0.25, 0.3) is 15.3 Å². The molecule has 1 saturated carbocycles. The quantitative estimate of drug-likeness (QED) is 0.663. The van der Waals surface area contributed by atoms with Crippen LogP contribution in [0.15, 0.2) is 34.1 Å². The Morgan fingerprint density at radius 2 is 2.00 bits per heavy atom. The molecule has 0 amide bonds. The zero-order valence-electron chi connectivity index (χ0n) is 14.5. The van der Waals surface area contributed by atoms with Crippen molar-refractivity contribution in [3.05, 3.63) is 45.9 Å². The van der Waals surface area contributed by atoms with Crippen molar-refractivity contribution in [2.45, 2.75) is 44.8 Å². The number of nitrogens with one attached hydrogen (secondary N) is 1. The molecular weight excluding hydrogens is 377 g/mol. The second kappa shape index (κ2) is 6.63. The first-order valence-electron chi connectivity index (χ1n) is 8.67. The Balaban J connectivity index is 1.86. The van der Waals surface area contributed by atoms with E-state index in [1.165, 1.54) is 6.92 Å². The first-order chi connectivity index (χ1) is 12.8. The van der Waals surface area contributed by atoms with E-state index in [2.05, 4.69) is 15.1 Å². The van der Waals surface area contributed by atoms with E-state index in [1.807, 2.05) is 12.1 Å². The normalized spacial score (nSPS) is 16.5. The van der Waals surface area contributed by atoms with Crippen molar-refractivity contribution in [2.75, 3.05) is 0 Å². The molecule has 142 valence electrons. The average molecular weight is 394 g/mol. The number of nitrogens with zero attached hydrogens (tertiary/aromatic N) is 3. The number of alkyl halides is 3. The van der Waals surface area contributed by atoms with Crippen LogP contribution in [0.5, 0.6) is 0 Å². The van der Waals surface area contributed by atoms with Gasteiger partial charge in [-0.25, -0.2) is 4.98 Å². The minimum absolute atomic E-state index is 0.0173. The van der Waals surface area contributed by atoms with E-state index < -0.39 is 23.0 Å². The lowest BCUT2D eigenvalue weighted by atomic mass is 10.1. The molecule has 0 saturated heterocycles. The summed E-state index contributed by atoms with van der Waals surface area (Å²) >= 11 is 1.16. The molecule has 0 atom stereocenters. The highest BCUT2D eigenvalue weighted by Gasteiger charge is 2.39. The number of hydrogen-bond donors (Lipinski definition) is 1. The lowest BCUT2D eigenvalue weighted by Gasteiger charge is -2.08. The zero-order valence-corrected chi connectivity index (χ0v) is 15.3. The van der Waals surface area contributed by atoms with Crippen molar-refractivity contribution in [3.63, 3.8) is 0 Å². The summed E-state index contributed by atoms with van der Waals surface area (Å²) in [5.74, 6) is 0. The van der Waals surface area contributed by atoms with Crippen LogP contribution >= 0.6 is 11.3 Å². The predicted octanol–water partition coefficient (Wildman–Crippen LogP) is 4.55. The summed E-state index contributed by atoms with van der Waals surface area (Å²) in [6.45, 7) is 1.47. The standard InChI is InChI=1S/C18H17F3N4OS/c1-10(22-11-6-2-3-7-11)14-15(18(19,20)21)24-25(16(14)26)17-23-12-8-4-5-9-13(12)27-17/h4-5,8-9,11,24H,2-3,6-7H2,1H3. The molecule has 0 radical (unpaired) electrons. The number of hydrogen-bond acceptors (Lipinski definition) is 4. The van der Waals surface area contributed by atoms with Gasteiger partial charge in [0.15, 0.2) is 5.69 Å². The maximum atomic E-state index is 13.6. The summed E-state index contributed by atoms with van der Waals surface area (Å²) in [6, 6.07) is 7.14. The van der Waals surface area contributed by atoms with Gasteiger partial charge in [-0.3, -0.25) is 14.9 Å². The minimum Gasteiger partial charge on any atom is -0.286 e. The molecule has 2 aromatic heterocycles. The lowest BCUT2D eigenvalue weighted by molar-refractivity contribution is -0.141. The zero-order chi connectivity index (χ0) is 19.2. The third-order valence-corrected chi connectivity index (χ3v) is 5.73. The van der Waals surface area contributed by atoms with Crippen molar-refractivity contribution < 1.29 is 13.2 Å². The van der Waals surface area contributed by atoms with E-state index >= 15 is 0 Å². The van der Waals surface area contributed by atoms with Gasteiger partial charge in [-0.2, -0.15) is 17.9 Å². The van der Waals surface area contributed by atoms with Gasteiger partial charge in [0.05, 0.1) is 21.8 Å². The minimum atomic E-state index is -4.69. The predicted molar refractivity (Wildman–Crippen MR) is 99.0 cm³/mol. The lowest BCUT2D eigenvalue weighted by Crippen LogP contribution is -2.21. The Kier molecular flexibility index (Phi) is 4.41. The van der Waals surface area contributed by atoms with E-state index in [0.29, 0.717) is 5.52 Å². The molecule has 1 fully saturated rings. The molecule has 5 nitrogen and oxygen atoms in total. The van der Waals surface area contributed by atoms with Crippen molar-refractivity contribution >= 4 is 27.3 Å². The van der Waals surface area contributed by atoms with E-state index in [9.17, 15) is 18.0 Å². The maximum Gasteiger partial charge on any atom is 0.433 e. The molecule has 1 aliphatic rings. The third-order valence-electron chi connectivity index (χ3n) is 4.71. The smallest absolute Gasteiger partial charge is 0.286 e. The first-order valence-corrected chi connectivity index (χ1v) is 9.49. The fraction of sp³-hybridized carbons (Fsp3) is 0.389. The van der Waals surface area contributed by atoms with Crippen LogP contribution in [-0.4, -0.2) is 26.5 Å². The molecule has 0 spiro atoms. The van der Waals surface area contributed by atoms with Crippen LogP contribution in [0.4, 0.5) is 13.2 Å². The SMILES string of the molecule is CC(=NC1CCCC1)c1c(C(F)(F)F)[nH]n(-c2nc3ccccc3s2)c1=O. The fourth-order valence-electron chi connectivity index (χ4n) is 3.44. The Morgan fingerprint density at radius 3 is 2.67 bits per heavy atom. The summed E-state index contributed by atoms with van der Waals surface area (Å²) < 4.78 is 42.4. The van der Waals surface area contributed by atoms with Gasteiger partial charge in [0.1, 0.15) is 0 Å². The Bertz CT molecular complexity index is 1040. The maximum absolute atomic E-state index is 13.6. The molecule has 4 rings (SSSR count). The molecule has 1 N–H and O–H groups in total. The summed E-state index contributed by atoms with van der Waals surface area (Å²) in [5.41, 5.74) is -1.53. The monoisotopic (exact) mass is 394 g/mol. The van der Waals surface area contributed by atoms with Gasteiger partial charge in [0.2, 0.25) is 5.13 Å². The van der Waals surface area contributed by atoms with E-state index in [1.54, 1.807) is 12.1 Å². The molecule has 0 unspecified atom stereocenters. The number of H-pyrrole nitrogens is 1. The van der Waals surface area contributed by atoms with Crippen LogP contribution in [0.1, 0.15) is 43.9 Å². The molecule has 9 heteroatoms. The number of aromatic nitrogens is 3. The van der Waals surface area contributed by atoms with E-state index in [-0.39, 0.29) is 16.9 Å². The Morgan fingerprint density at radius 1 is 1.30 bits per heavy atom. The van der Waals surface area contributed by atoms with Gasteiger partial charge in [-0.1, -0.05) is 36.3 Å². The van der Waals surface area contributed by atoms with Crippen LogP contribution < -0.4 is 5.56 Å².